The van der Waals surface area contributed by atoms with Crippen molar-refractivity contribution in [2.45, 2.75) is 67.3 Å². The molecule has 170 valence electrons. The zero-order valence-electron chi connectivity index (χ0n) is 20.3. The zero-order valence-corrected chi connectivity index (χ0v) is 20.3. The van der Waals surface area contributed by atoms with E-state index in [1.165, 1.54) is 36.9 Å². The summed E-state index contributed by atoms with van der Waals surface area (Å²) in [5.74, 6) is 0. The molecule has 2 N–H and O–H groups in total. The molecule has 0 aliphatic carbocycles. The lowest BCUT2D eigenvalue weighted by Crippen LogP contribution is -2.14. The average molecular weight is 425 g/mol. The van der Waals surface area contributed by atoms with Gasteiger partial charge in [-0.3, -0.25) is 4.79 Å². The van der Waals surface area contributed by atoms with Crippen LogP contribution in [0.3, 0.4) is 0 Å². The SMILES string of the molecule is CCCNCCC.Cc1ccc(C)c(NC=O)c1.Cc1cn(C(C)C)c2ncccc12. The van der Waals surface area contributed by atoms with Gasteiger partial charge in [-0.1, -0.05) is 26.0 Å². The molecule has 0 saturated carbocycles. The van der Waals surface area contributed by atoms with E-state index in [2.05, 4.69) is 67.1 Å². The number of aryl methyl sites for hydroxylation is 3. The van der Waals surface area contributed by atoms with Gasteiger partial charge in [0, 0.05) is 29.5 Å². The maximum absolute atomic E-state index is 10.1. The number of rotatable bonds is 7. The fraction of sp³-hybridized carbons (Fsp3) is 0.462. The van der Waals surface area contributed by atoms with Crippen LogP contribution in [0, 0.1) is 20.8 Å². The van der Waals surface area contributed by atoms with Crippen molar-refractivity contribution in [3.05, 3.63) is 59.4 Å². The molecule has 0 fully saturated rings. The Hall–Kier alpha value is -2.66. The van der Waals surface area contributed by atoms with Crippen LogP contribution in [0.2, 0.25) is 0 Å². The summed E-state index contributed by atoms with van der Waals surface area (Å²) in [6, 6.07) is 10.5. The lowest BCUT2D eigenvalue weighted by atomic mass is 10.1. The van der Waals surface area contributed by atoms with Crippen molar-refractivity contribution in [1.29, 1.82) is 0 Å². The van der Waals surface area contributed by atoms with Gasteiger partial charge in [0.05, 0.1) is 0 Å². The van der Waals surface area contributed by atoms with Gasteiger partial charge in [0.15, 0.2) is 0 Å². The molecule has 0 bridgehead atoms. The summed E-state index contributed by atoms with van der Waals surface area (Å²) in [7, 11) is 0. The van der Waals surface area contributed by atoms with Gasteiger partial charge in [-0.05, 0) is 95.4 Å². The van der Waals surface area contributed by atoms with E-state index in [1.807, 2.05) is 44.3 Å². The number of nitrogens with one attached hydrogen (secondary N) is 2. The third kappa shape index (κ3) is 8.93. The molecule has 0 spiro atoms. The number of nitrogens with zero attached hydrogens (tertiary/aromatic N) is 2. The second-order valence-electron chi connectivity index (χ2n) is 8.02. The Kier molecular flexibility index (Phi) is 12.2. The van der Waals surface area contributed by atoms with E-state index in [0.29, 0.717) is 12.5 Å². The summed E-state index contributed by atoms with van der Waals surface area (Å²) in [4.78, 5) is 14.5. The number of aromatic nitrogens is 2. The lowest BCUT2D eigenvalue weighted by molar-refractivity contribution is -0.105. The molecule has 0 unspecified atom stereocenters. The van der Waals surface area contributed by atoms with Gasteiger partial charge in [0.1, 0.15) is 5.65 Å². The molecule has 0 aliphatic heterocycles. The highest BCUT2D eigenvalue weighted by Gasteiger charge is 2.07. The number of amides is 1. The van der Waals surface area contributed by atoms with E-state index in [4.69, 9.17) is 0 Å². The van der Waals surface area contributed by atoms with Crippen molar-refractivity contribution >= 4 is 23.1 Å². The second kappa shape index (κ2) is 14.4. The van der Waals surface area contributed by atoms with Gasteiger partial charge < -0.3 is 15.2 Å². The lowest BCUT2D eigenvalue weighted by Gasteiger charge is -2.07. The summed E-state index contributed by atoms with van der Waals surface area (Å²) in [5.41, 5.74) is 5.52. The van der Waals surface area contributed by atoms with Crippen LogP contribution in [-0.2, 0) is 4.79 Å². The minimum absolute atomic E-state index is 0.478. The monoisotopic (exact) mass is 424 g/mol. The highest BCUT2D eigenvalue weighted by Crippen LogP contribution is 2.21. The van der Waals surface area contributed by atoms with Crippen molar-refractivity contribution in [3.63, 3.8) is 0 Å². The van der Waals surface area contributed by atoms with Crippen LogP contribution in [0.1, 0.15) is 63.3 Å². The summed E-state index contributed by atoms with van der Waals surface area (Å²) < 4.78 is 2.21. The Labute approximate surface area is 188 Å². The zero-order chi connectivity index (χ0) is 23.2. The number of carbonyl (C=O) groups is 1. The smallest absolute Gasteiger partial charge is 0.211 e. The van der Waals surface area contributed by atoms with E-state index in [-0.39, 0.29) is 0 Å². The first-order chi connectivity index (χ1) is 14.8. The highest BCUT2D eigenvalue weighted by atomic mass is 16.1. The van der Waals surface area contributed by atoms with E-state index in [9.17, 15) is 4.79 Å². The minimum Gasteiger partial charge on any atom is -0.330 e. The normalized spacial score (nSPS) is 10.2. The molecule has 1 amide bonds. The van der Waals surface area contributed by atoms with Crippen molar-refractivity contribution in [1.82, 2.24) is 14.9 Å². The molecule has 31 heavy (non-hydrogen) atoms. The summed E-state index contributed by atoms with van der Waals surface area (Å²) >= 11 is 0. The number of anilines is 1. The Morgan fingerprint density at radius 2 is 1.71 bits per heavy atom. The molecular weight excluding hydrogens is 384 g/mol. The molecular formula is C26H40N4O. The average Bonchev–Trinajstić information content (AvgIpc) is 3.10. The Balaban J connectivity index is 0.000000245. The molecule has 5 nitrogen and oxygen atoms in total. The van der Waals surface area contributed by atoms with Gasteiger partial charge in [0.25, 0.3) is 0 Å². The first kappa shape index (κ1) is 26.4. The van der Waals surface area contributed by atoms with Gasteiger partial charge in [-0.15, -0.1) is 0 Å². The summed E-state index contributed by atoms with van der Waals surface area (Å²) in [5, 5.41) is 7.18. The fourth-order valence-corrected chi connectivity index (χ4v) is 3.08. The van der Waals surface area contributed by atoms with Gasteiger partial charge >= 0.3 is 0 Å². The Morgan fingerprint density at radius 3 is 2.29 bits per heavy atom. The molecule has 2 aromatic heterocycles. The predicted molar refractivity (Wildman–Crippen MR) is 134 cm³/mol. The summed E-state index contributed by atoms with van der Waals surface area (Å²) in [6.07, 6.45) is 7.21. The number of benzene rings is 1. The molecule has 0 aliphatic rings. The molecule has 0 saturated heterocycles. The molecule has 5 heteroatoms. The molecule has 1 aromatic carbocycles. The molecule has 3 aromatic rings. The standard InChI is InChI=1S/C11H14N2.C9H11NO.C6H15N/c1-8(2)13-7-9(3)10-5-4-6-12-11(10)13;1-7-3-4-8(2)9(5-7)10-6-11;1-3-5-7-6-4-2/h4-8H,1-3H3;3-6H,1-2H3,(H,10,11);7H,3-6H2,1-2H3. The van der Waals surface area contributed by atoms with Crippen LogP contribution in [0.25, 0.3) is 11.0 Å². The number of pyridine rings is 1. The number of fused-ring (bicyclic) bond motifs is 1. The third-order valence-electron chi connectivity index (χ3n) is 4.81. The largest absolute Gasteiger partial charge is 0.330 e. The highest BCUT2D eigenvalue weighted by molar-refractivity contribution is 5.80. The topological polar surface area (TPSA) is 58.9 Å². The number of hydrogen-bond donors (Lipinski definition) is 2. The van der Waals surface area contributed by atoms with Gasteiger partial charge in [-0.25, -0.2) is 4.98 Å². The van der Waals surface area contributed by atoms with Crippen LogP contribution in [-0.4, -0.2) is 29.1 Å². The predicted octanol–water partition coefficient (Wildman–Crippen LogP) is 6.19. The van der Waals surface area contributed by atoms with Crippen LogP contribution in [0.15, 0.2) is 42.7 Å². The van der Waals surface area contributed by atoms with Crippen LogP contribution < -0.4 is 10.6 Å². The van der Waals surface area contributed by atoms with Crippen LogP contribution in [0.4, 0.5) is 5.69 Å². The molecule has 0 atom stereocenters. The number of carbonyl (C=O) groups excluding carboxylic acids is 1. The maximum atomic E-state index is 10.1. The molecule has 0 radical (unpaired) electrons. The van der Waals surface area contributed by atoms with Crippen LogP contribution >= 0.6 is 0 Å². The first-order valence-corrected chi connectivity index (χ1v) is 11.3. The Morgan fingerprint density at radius 1 is 1.03 bits per heavy atom. The molecule has 2 heterocycles. The fourth-order valence-electron chi connectivity index (χ4n) is 3.08. The number of hydrogen-bond acceptors (Lipinski definition) is 3. The maximum Gasteiger partial charge on any atom is 0.211 e. The van der Waals surface area contributed by atoms with E-state index >= 15 is 0 Å². The van der Waals surface area contributed by atoms with E-state index in [1.54, 1.807) is 0 Å². The molecule has 3 rings (SSSR count). The van der Waals surface area contributed by atoms with Crippen molar-refractivity contribution in [3.8, 4) is 0 Å². The second-order valence-corrected chi connectivity index (χ2v) is 8.02. The van der Waals surface area contributed by atoms with E-state index < -0.39 is 0 Å². The first-order valence-electron chi connectivity index (χ1n) is 11.3. The van der Waals surface area contributed by atoms with Gasteiger partial charge in [-0.2, -0.15) is 0 Å². The van der Waals surface area contributed by atoms with Crippen molar-refractivity contribution < 1.29 is 4.79 Å². The minimum atomic E-state index is 0.478. The van der Waals surface area contributed by atoms with Crippen molar-refractivity contribution in [2.75, 3.05) is 18.4 Å². The Bertz CT molecular complexity index is 911. The van der Waals surface area contributed by atoms with Crippen LogP contribution in [0.5, 0.6) is 0 Å². The van der Waals surface area contributed by atoms with Gasteiger partial charge in [0.2, 0.25) is 6.41 Å². The van der Waals surface area contributed by atoms with Crippen molar-refractivity contribution in [2.24, 2.45) is 0 Å². The quantitative estimate of drug-likeness (QED) is 0.351. The van der Waals surface area contributed by atoms with E-state index in [0.717, 1.165) is 22.5 Å². The summed E-state index contributed by atoms with van der Waals surface area (Å²) in [6.45, 7) is 17.2. The third-order valence-corrected chi connectivity index (χ3v) is 4.81.